The number of ether oxygens (including phenoxy) is 2. The van der Waals surface area contributed by atoms with Crippen molar-refractivity contribution in [1.29, 1.82) is 0 Å². The predicted octanol–water partition coefficient (Wildman–Crippen LogP) is 16.0. The molecule has 6 nitrogen and oxygen atoms in total. The van der Waals surface area contributed by atoms with Crippen molar-refractivity contribution in [1.82, 2.24) is 4.90 Å². The van der Waals surface area contributed by atoms with E-state index in [1.165, 1.54) is 154 Å². The third kappa shape index (κ3) is 39.6. The van der Waals surface area contributed by atoms with E-state index in [2.05, 4.69) is 59.7 Å². The van der Waals surface area contributed by atoms with Crippen LogP contribution in [-0.2, 0) is 23.9 Å². The minimum atomic E-state index is -0.530. The molecule has 2 unspecified atom stereocenters. The highest BCUT2D eigenvalue weighted by molar-refractivity contribution is 7.74. The van der Waals surface area contributed by atoms with Gasteiger partial charge in [-0.05, 0) is 104 Å². The average molecular weight is 864 g/mol. The van der Waals surface area contributed by atoms with Gasteiger partial charge in [0.05, 0.1) is 6.61 Å². The van der Waals surface area contributed by atoms with Gasteiger partial charge in [-0.25, -0.2) is 0 Å². The monoisotopic (exact) mass is 864 g/mol. The van der Waals surface area contributed by atoms with Crippen molar-refractivity contribution in [3.05, 3.63) is 12.2 Å². The van der Waals surface area contributed by atoms with Gasteiger partial charge < -0.3 is 14.4 Å². The summed E-state index contributed by atoms with van der Waals surface area (Å²) in [7, 11) is 3.64. The van der Waals surface area contributed by atoms with Gasteiger partial charge in [-0.15, -0.1) is 0 Å². The number of rotatable bonds is 46. The van der Waals surface area contributed by atoms with Crippen LogP contribution in [-0.4, -0.2) is 68.5 Å². The Morgan fingerprint density at radius 3 is 1.43 bits per heavy atom. The Bertz CT molecular complexity index is 986. The maximum absolute atomic E-state index is 13.2. The van der Waals surface area contributed by atoms with Crippen LogP contribution < -0.4 is 0 Å². The lowest BCUT2D eigenvalue weighted by atomic mass is 9.89. The van der Waals surface area contributed by atoms with E-state index in [1.807, 2.05) is 6.08 Å². The van der Waals surface area contributed by atoms with E-state index in [9.17, 15) is 14.4 Å². The zero-order chi connectivity index (χ0) is 44.3. The van der Waals surface area contributed by atoms with Crippen molar-refractivity contribution >= 4 is 25.4 Å². The SMILES string of the molecule is CCCCC(C/C=C\COC(=O)CCCCCCCCCP(CCCCCCCCCC(=O)OCC(C)CCC(CCCC)CCCC)C(=O)CCCN(C)C)CCCC. The summed E-state index contributed by atoms with van der Waals surface area (Å²) in [5.74, 6) is 1.98. The topological polar surface area (TPSA) is 72.9 Å². The number of carbonyl (C=O) groups excluding carboxylic acids is 3. The van der Waals surface area contributed by atoms with Gasteiger partial charge in [0.2, 0.25) is 0 Å². The standard InChI is InChI=1S/C53H102NO5P/c1-8-12-33-49(34-13-9-2)37-28-29-44-58-51(55)38-26-22-18-16-20-24-30-45-60(53(57)40-32-43-54(6)7)46-31-25-21-17-19-23-27-39-52(56)59-47-48(5)41-42-50(35-14-10-3)36-15-11-4/h28-29,48-50H,8-27,30-47H2,1-7H3/b29-28-. The first-order chi connectivity index (χ1) is 29.2. The maximum atomic E-state index is 13.2. The summed E-state index contributed by atoms with van der Waals surface area (Å²) in [5, 5.41) is 0. The van der Waals surface area contributed by atoms with Gasteiger partial charge in [0.25, 0.3) is 0 Å². The Morgan fingerprint density at radius 2 is 0.950 bits per heavy atom. The summed E-state index contributed by atoms with van der Waals surface area (Å²) >= 11 is 0. The van der Waals surface area contributed by atoms with E-state index < -0.39 is 7.92 Å². The second-order valence-corrected chi connectivity index (χ2v) is 21.3. The Balaban J connectivity index is 4.15. The van der Waals surface area contributed by atoms with Crippen LogP contribution in [0.2, 0.25) is 0 Å². The van der Waals surface area contributed by atoms with Crippen molar-refractivity contribution in [2.24, 2.45) is 17.8 Å². The summed E-state index contributed by atoms with van der Waals surface area (Å²) < 4.78 is 11.1. The molecule has 0 saturated carbocycles. The maximum Gasteiger partial charge on any atom is 0.306 e. The number of unbranched alkanes of at least 4 members (excludes halogenated alkanes) is 16. The molecule has 0 aromatic rings. The van der Waals surface area contributed by atoms with E-state index in [-0.39, 0.29) is 11.9 Å². The summed E-state index contributed by atoms with van der Waals surface area (Å²) in [6.45, 7) is 13.3. The largest absolute Gasteiger partial charge is 0.465 e. The smallest absolute Gasteiger partial charge is 0.306 e. The molecule has 354 valence electrons. The lowest BCUT2D eigenvalue weighted by molar-refractivity contribution is -0.145. The van der Waals surface area contributed by atoms with Gasteiger partial charge in [-0.2, -0.15) is 0 Å². The fourth-order valence-corrected chi connectivity index (χ4v) is 10.7. The van der Waals surface area contributed by atoms with Crippen LogP contribution >= 0.6 is 7.92 Å². The predicted molar refractivity (Wildman–Crippen MR) is 262 cm³/mol. The van der Waals surface area contributed by atoms with Gasteiger partial charge in [0.15, 0.2) is 5.52 Å². The van der Waals surface area contributed by atoms with E-state index in [0.717, 1.165) is 75.7 Å². The minimum Gasteiger partial charge on any atom is -0.465 e. The van der Waals surface area contributed by atoms with Crippen LogP contribution in [0.1, 0.15) is 247 Å². The van der Waals surface area contributed by atoms with Crippen molar-refractivity contribution < 1.29 is 23.9 Å². The Morgan fingerprint density at radius 1 is 0.500 bits per heavy atom. The highest BCUT2D eigenvalue weighted by atomic mass is 31.1. The molecule has 0 aromatic heterocycles. The molecule has 7 heteroatoms. The molecule has 0 radical (unpaired) electrons. The molecule has 0 aliphatic rings. The van der Waals surface area contributed by atoms with Crippen LogP contribution in [0.4, 0.5) is 0 Å². The molecule has 0 N–H and O–H groups in total. The fraction of sp³-hybridized carbons (Fsp3) is 0.906. The second kappa shape index (κ2) is 44.4. The number of hydrogen-bond acceptors (Lipinski definition) is 6. The zero-order valence-corrected chi connectivity index (χ0v) is 42.1. The van der Waals surface area contributed by atoms with Gasteiger partial charge >= 0.3 is 11.9 Å². The van der Waals surface area contributed by atoms with Gasteiger partial charge in [0.1, 0.15) is 6.61 Å². The number of allylic oxidation sites excluding steroid dienone is 1. The van der Waals surface area contributed by atoms with Crippen LogP contribution in [0, 0.1) is 17.8 Å². The summed E-state index contributed by atoms with van der Waals surface area (Å²) in [6.07, 6.45) is 44.5. The Hall–Kier alpha value is -1.26. The lowest BCUT2D eigenvalue weighted by Crippen LogP contribution is -2.14. The van der Waals surface area contributed by atoms with Crippen molar-refractivity contribution in [3.8, 4) is 0 Å². The average Bonchev–Trinajstić information content (AvgIpc) is 3.23. The fourth-order valence-electron chi connectivity index (χ4n) is 8.24. The zero-order valence-electron chi connectivity index (χ0n) is 41.2. The first-order valence-corrected chi connectivity index (χ1v) is 27.8. The van der Waals surface area contributed by atoms with Crippen LogP contribution in [0.5, 0.6) is 0 Å². The summed E-state index contributed by atoms with van der Waals surface area (Å²) in [6, 6.07) is 0. The Labute approximate surface area is 375 Å². The molecule has 0 bridgehead atoms. The number of nitrogens with zero attached hydrogens (tertiary/aromatic N) is 1. The van der Waals surface area contributed by atoms with E-state index in [1.54, 1.807) is 0 Å². The molecule has 2 atom stereocenters. The molecule has 0 aromatic carbocycles. The second-order valence-electron chi connectivity index (χ2n) is 18.8. The molecule has 0 heterocycles. The highest BCUT2D eigenvalue weighted by Gasteiger charge is 2.17. The molecule has 0 rings (SSSR count). The van der Waals surface area contributed by atoms with E-state index in [4.69, 9.17) is 9.47 Å². The quantitative estimate of drug-likeness (QED) is 0.0263. The summed E-state index contributed by atoms with van der Waals surface area (Å²) in [4.78, 5) is 40.0. The Kier molecular flexibility index (Phi) is 43.4. The normalized spacial score (nSPS) is 12.9. The van der Waals surface area contributed by atoms with E-state index in [0.29, 0.717) is 37.5 Å². The molecule has 0 saturated heterocycles. The van der Waals surface area contributed by atoms with Crippen LogP contribution in [0.15, 0.2) is 12.2 Å². The number of hydrogen-bond donors (Lipinski definition) is 0. The van der Waals surface area contributed by atoms with Crippen molar-refractivity contribution in [2.45, 2.75) is 247 Å². The number of esters is 2. The number of carbonyl (C=O) groups is 3. The van der Waals surface area contributed by atoms with Gasteiger partial charge in [-0.1, -0.05) is 194 Å². The molecule has 60 heavy (non-hydrogen) atoms. The van der Waals surface area contributed by atoms with Crippen molar-refractivity contribution in [3.63, 3.8) is 0 Å². The third-order valence-corrected chi connectivity index (χ3v) is 15.0. The van der Waals surface area contributed by atoms with Gasteiger partial charge in [0, 0.05) is 19.3 Å². The van der Waals surface area contributed by atoms with Crippen LogP contribution in [0.3, 0.4) is 0 Å². The molecule has 0 aliphatic heterocycles. The summed E-state index contributed by atoms with van der Waals surface area (Å²) in [5.41, 5.74) is 0.543. The third-order valence-electron chi connectivity index (χ3n) is 12.4. The van der Waals surface area contributed by atoms with Crippen molar-refractivity contribution in [2.75, 3.05) is 46.2 Å². The first kappa shape index (κ1) is 58.7. The first-order valence-electron chi connectivity index (χ1n) is 26.0. The molecule has 0 amide bonds. The highest BCUT2D eigenvalue weighted by Crippen LogP contribution is 2.41. The minimum absolute atomic E-state index is 0.0178. The molecule has 0 aliphatic carbocycles. The molecule has 0 fully saturated rings. The van der Waals surface area contributed by atoms with E-state index >= 15 is 0 Å². The lowest BCUT2D eigenvalue weighted by Gasteiger charge is -2.19. The van der Waals surface area contributed by atoms with Crippen LogP contribution in [0.25, 0.3) is 0 Å². The van der Waals surface area contributed by atoms with Gasteiger partial charge in [-0.3, -0.25) is 14.4 Å². The molecular formula is C53H102NO5P. The molecule has 0 spiro atoms. The molecular weight excluding hydrogens is 762 g/mol.